The van der Waals surface area contributed by atoms with E-state index in [4.69, 9.17) is 16.3 Å². The van der Waals surface area contributed by atoms with Crippen molar-refractivity contribution < 1.29 is 35.9 Å². The van der Waals surface area contributed by atoms with E-state index in [9.17, 15) is 26.4 Å². The van der Waals surface area contributed by atoms with Gasteiger partial charge < -0.3 is 14.8 Å². The number of pyridine rings is 3. The van der Waals surface area contributed by atoms with E-state index in [1.54, 1.807) is 12.1 Å². The molecule has 0 spiro atoms. The smallest absolute Gasteiger partial charge is 0.388 e. The van der Waals surface area contributed by atoms with Gasteiger partial charge in [0.1, 0.15) is 5.82 Å². The summed E-state index contributed by atoms with van der Waals surface area (Å²) in [6.45, 7) is -1.65. The maximum absolute atomic E-state index is 14.0. The minimum absolute atomic E-state index is 0.0121. The van der Waals surface area contributed by atoms with Crippen molar-refractivity contribution in [2.75, 3.05) is 6.61 Å². The van der Waals surface area contributed by atoms with Crippen LogP contribution in [0.1, 0.15) is 28.5 Å². The second-order valence-corrected chi connectivity index (χ2v) is 11.7. The molecule has 9 nitrogen and oxygen atoms in total. The largest absolute Gasteiger partial charge is 0.417 e. The van der Waals surface area contributed by atoms with Crippen molar-refractivity contribution in [1.82, 2.24) is 20.3 Å². The number of halogens is 4. The Hall–Kier alpha value is -3.81. The Morgan fingerprint density at radius 3 is 2.75 bits per heavy atom. The summed E-state index contributed by atoms with van der Waals surface area (Å²) in [5.41, 5.74) is 1.38. The first-order valence-electron chi connectivity index (χ1n) is 11.8. The topological polar surface area (TPSA) is 120 Å². The number of rotatable bonds is 6. The van der Waals surface area contributed by atoms with Gasteiger partial charge in [-0.2, -0.15) is 8.78 Å². The van der Waals surface area contributed by atoms with Gasteiger partial charge in [-0.15, -0.1) is 0 Å². The van der Waals surface area contributed by atoms with Gasteiger partial charge in [-0.3, -0.25) is 9.78 Å². The molecule has 0 saturated heterocycles. The molecule has 0 unspecified atom stereocenters. The van der Waals surface area contributed by atoms with Crippen LogP contribution in [0.4, 0.5) is 13.2 Å². The van der Waals surface area contributed by atoms with Gasteiger partial charge in [-0.25, -0.2) is 22.8 Å². The first-order valence-corrected chi connectivity index (χ1v) is 13.7. The van der Waals surface area contributed by atoms with Crippen LogP contribution >= 0.6 is 11.6 Å². The Balaban J connectivity index is 1.38. The number of ether oxygens (including phenoxy) is 2. The normalized spacial score (nSPS) is 16.4. The molecule has 3 aromatic heterocycles. The second kappa shape index (κ2) is 11.0. The number of sulfone groups is 1. The monoisotopic (exact) mass is 592 g/mol. The maximum atomic E-state index is 14.0. The summed E-state index contributed by atoms with van der Waals surface area (Å²) in [6.07, 6.45) is 1.52. The fraction of sp³-hybridized carbons (Fsp3) is 0.231. The van der Waals surface area contributed by atoms with Crippen molar-refractivity contribution >= 4 is 38.2 Å². The van der Waals surface area contributed by atoms with Crippen LogP contribution in [0.5, 0.6) is 5.88 Å². The summed E-state index contributed by atoms with van der Waals surface area (Å²) in [5.74, 6) is -1.98. The molecule has 1 N–H and O–H groups in total. The van der Waals surface area contributed by atoms with Crippen molar-refractivity contribution in [3.63, 3.8) is 0 Å². The molecule has 1 amide bonds. The third kappa shape index (κ3) is 5.71. The van der Waals surface area contributed by atoms with Crippen LogP contribution in [0, 0.1) is 5.82 Å². The Kier molecular flexibility index (Phi) is 7.62. The van der Waals surface area contributed by atoms with E-state index in [0.717, 1.165) is 12.1 Å². The highest BCUT2D eigenvalue weighted by Crippen LogP contribution is 2.32. The van der Waals surface area contributed by atoms with Gasteiger partial charge in [0, 0.05) is 39.9 Å². The summed E-state index contributed by atoms with van der Waals surface area (Å²) < 4.78 is 74.5. The minimum Gasteiger partial charge on any atom is -0.417 e. The zero-order valence-electron chi connectivity index (χ0n) is 20.7. The van der Waals surface area contributed by atoms with Crippen LogP contribution in [0.2, 0.25) is 5.02 Å². The van der Waals surface area contributed by atoms with E-state index in [1.165, 1.54) is 31.3 Å². The number of amides is 1. The molecule has 1 aliphatic heterocycles. The number of nitrogens with zero attached hydrogens (tertiary/aromatic N) is 3. The van der Waals surface area contributed by atoms with Crippen LogP contribution < -0.4 is 10.1 Å². The predicted molar refractivity (Wildman–Crippen MR) is 138 cm³/mol. The molecule has 0 radical (unpaired) electrons. The zero-order valence-corrected chi connectivity index (χ0v) is 22.3. The second-order valence-electron chi connectivity index (χ2n) is 8.94. The van der Waals surface area contributed by atoms with Gasteiger partial charge in [0.2, 0.25) is 5.88 Å². The first kappa shape index (κ1) is 27.7. The molecular formula is C26H20ClF3N4O5S. The van der Waals surface area contributed by atoms with Crippen LogP contribution in [0.3, 0.4) is 0 Å². The van der Waals surface area contributed by atoms with Gasteiger partial charge in [-0.05, 0) is 37.3 Å². The molecule has 0 aliphatic carbocycles. The summed E-state index contributed by atoms with van der Waals surface area (Å²) in [6, 6.07) is 9.21. The van der Waals surface area contributed by atoms with Crippen molar-refractivity contribution in [3.8, 4) is 17.3 Å². The molecule has 1 atom stereocenters. The standard InChI is InChI=1S/C26H20ClF3N4O5S/c1-13-11-38-12-18-19(27)4-15(5-23(18)40(13,36)37)25(35)32-10-17-8-21-14(9-31-17)2-3-20(33-21)22-6-16(28)7-24(34-22)39-26(29)30/h2-9,13,26H,10-12H2,1H3,(H,32,35)/t13-/m0/s1. The Morgan fingerprint density at radius 2 is 1.98 bits per heavy atom. The van der Waals surface area contributed by atoms with Crippen molar-refractivity contribution in [3.05, 3.63) is 76.3 Å². The summed E-state index contributed by atoms with van der Waals surface area (Å²) in [7, 11) is -3.75. The van der Waals surface area contributed by atoms with Gasteiger partial charge in [-0.1, -0.05) is 11.6 Å². The number of nitrogens with one attached hydrogen (secondary N) is 1. The summed E-state index contributed by atoms with van der Waals surface area (Å²) in [4.78, 5) is 25.5. The summed E-state index contributed by atoms with van der Waals surface area (Å²) in [5, 5.41) is 2.62. The van der Waals surface area contributed by atoms with Crippen molar-refractivity contribution in [1.29, 1.82) is 0 Å². The van der Waals surface area contributed by atoms with Crippen molar-refractivity contribution in [2.45, 2.75) is 36.8 Å². The third-order valence-electron chi connectivity index (χ3n) is 6.15. The van der Waals surface area contributed by atoms with E-state index in [-0.39, 0.29) is 46.6 Å². The minimum atomic E-state index is -3.75. The van der Waals surface area contributed by atoms with Crippen LogP contribution in [-0.4, -0.2) is 47.7 Å². The number of aromatic nitrogens is 3. The SMILES string of the molecule is C[C@H]1COCc2c(Cl)cc(C(=O)NCc3cc4nc(-c5cc(F)cc(OC(F)F)n5)ccc4cn3)cc2S1(=O)=O. The van der Waals surface area contributed by atoms with Gasteiger partial charge in [0.25, 0.3) is 5.91 Å². The molecule has 0 fully saturated rings. The third-order valence-corrected chi connectivity index (χ3v) is 8.66. The van der Waals surface area contributed by atoms with Gasteiger partial charge in [0.15, 0.2) is 9.84 Å². The number of benzene rings is 1. The molecule has 4 heterocycles. The number of carbonyl (C=O) groups is 1. The predicted octanol–water partition coefficient (Wildman–Crippen LogP) is 4.71. The average Bonchev–Trinajstić information content (AvgIpc) is 3.01. The Bertz CT molecular complexity index is 1740. The highest BCUT2D eigenvalue weighted by atomic mass is 35.5. The highest BCUT2D eigenvalue weighted by Gasteiger charge is 2.31. The van der Waals surface area contributed by atoms with Crippen LogP contribution in [-0.2, 0) is 27.7 Å². The molecular weight excluding hydrogens is 573 g/mol. The molecule has 0 bridgehead atoms. The fourth-order valence-corrected chi connectivity index (χ4v) is 5.94. The lowest BCUT2D eigenvalue weighted by atomic mass is 10.1. The zero-order chi connectivity index (χ0) is 28.6. The lowest BCUT2D eigenvalue weighted by molar-refractivity contribution is -0.0529. The Labute approximate surface area is 231 Å². The quantitative estimate of drug-likeness (QED) is 0.342. The average molecular weight is 593 g/mol. The van der Waals surface area contributed by atoms with E-state index in [0.29, 0.717) is 22.2 Å². The first-order chi connectivity index (χ1) is 19.0. The molecule has 40 heavy (non-hydrogen) atoms. The number of hydrogen-bond donors (Lipinski definition) is 1. The number of hydrogen-bond acceptors (Lipinski definition) is 8. The molecule has 208 valence electrons. The molecule has 1 aliphatic rings. The van der Waals surface area contributed by atoms with Crippen molar-refractivity contribution in [2.24, 2.45) is 0 Å². The molecule has 0 saturated carbocycles. The molecule has 5 rings (SSSR count). The summed E-state index contributed by atoms with van der Waals surface area (Å²) >= 11 is 6.31. The number of carbonyl (C=O) groups excluding carboxylic acids is 1. The molecule has 14 heteroatoms. The maximum Gasteiger partial charge on any atom is 0.388 e. The van der Waals surface area contributed by atoms with Gasteiger partial charge >= 0.3 is 6.61 Å². The van der Waals surface area contributed by atoms with E-state index < -0.39 is 39.3 Å². The van der Waals surface area contributed by atoms with Gasteiger partial charge in [0.05, 0.1) is 52.5 Å². The van der Waals surface area contributed by atoms with E-state index >= 15 is 0 Å². The lowest BCUT2D eigenvalue weighted by Gasteiger charge is -2.13. The highest BCUT2D eigenvalue weighted by molar-refractivity contribution is 7.92. The number of alkyl halides is 2. The van der Waals surface area contributed by atoms with Crippen LogP contribution in [0.25, 0.3) is 22.3 Å². The lowest BCUT2D eigenvalue weighted by Crippen LogP contribution is -2.25. The molecule has 4 aromatic rings. The van der Waals surface area contributed by atoms with E-state index in [1.807, 2.05) is 0 Å². The Morgan fingerprint density at radius 1 is 1.18 bits per heavy atom. The fourth-order valence-electron chi connectivity index (χ4n) is 4.10. The van der Waals surface area contributed by atoms with Crippen LogP contribution in [0.15, 0.2) is 53.6 Å². The van der Waals surface area contributed by atoms with E-state index in [2.05, 4.69) is 25.0 Å². The molecule has 1 aromatic carbocycles. The number of fused-ring (bicyclic) bond motifs is 2.